The number of benzene rings is 2. The summed E-state index contributed by atoms with van der Waals surface area (Å²) in [6.45, 7) is 2.05. The van der Waals surface area contributed by atoms with Gasteiger partial charge in [-0.05, 0) is 24.6 Å². The first-order chi connectivity index (χ1) is 11.8. The van der Waals surface area contributed by atoms with Crippen LogP contribution in [0, 0.1) is 0 Å². The van der Waals surface area contributed by atoms with Gasteiger partial charge < -0.3 is 4.74 Å². The van der Waals surface area contributed by atoms with E-state index in [2.05, 4.69) is 15.8 Å². The Balaban J connectivity index is 1.89. The maximum Gasteiger partial charge on any atom is 0.425 e. The van der Waals surface area contributed by atoms with Crippen LogP contribution in [0.5, 0.6) is 0 Å². The van der Waals surface area contributed by atoms with E-state index in [1.54, 1.807) is 6.92 Å². The van der Waals surface area contributed by atoms with Crippen LogP contribution in [0.15, 0.2) is 64.6 Å². The molecule has 0 saturated heterocycles. The largest absolute Gasteiger partial charge is 0.449 e. The molecule has 1 aliphatic rings. The summed E-state index contributed by atoms with van der Waals surface area (Å²) in [6.07, 6.45) is -0.0820. The molecule has 0 unspecified atom stereocenters. The molecule has 24 heavy (non-hydrogen) atoms. The monoisotopic (exact) mass is 322 g/mol. The Morgan fingerprint density at radius 1 is 1.04 bits per heavy atom. The van der Waals surface area contributed by atoms with Gasteiger partial charge in [-0.2, -0.15) is 0 Å². The molecule has 2 N–H and O–H groups in total. The summed E-state index contributed by atoms with van der Waals surface area (Å²) in [5.74, 6) is 0.593. The maximum absolute atomic E-state index is 11.5. The fourth-order valence-corrected chi connectivity index (χ4v) is 2.34. The van der Waals surface area contributed by atoms with E-state index in [-0.39, 0.29) is 0 Å². The maximum atomic E-state index is 11.5. The number of amidine groups is 1. The number of aliphatic imine (C=N–C) groups is 2. The Morgan fingerprint density at radius 2 is 1.71 bits per heavy atom. The van der Waals surface area contributed by atoms with Gasteiger partial charge in [0.05, 0.1) is 30.1 Å². The van der Waals surface area contributed by atoms with Gasteiger partial charge in [-0.1, -0.05) is 42.5 Å². The summed E-state index contributed by atoms with van der Waals surface area (Å²) in [4.78, 5) is 20.8. The molecule has 0 fully saturated rings. The minimum absolute atomic E-state index is 0.305. The fourth-order valence-electron chi connectivity index (χ4n) is 2.34. The van der Waals surface area contributed by atoms with E-state index in [0.29, 0.717) is 18.9 Å². The SMILES string of the molecule is CCOC(=O)NNC1=Nc2ccccc2N=C(c2ccccc2)C1. The smallest absolute Gasteiger partial charge is 0.425 e. The van der Waals surface area contributed by atoms with Gasteiger partial charge in [0.2, 0.25) is 0 Å². The number of para-hydroxylation sites is 2. The molecule has 6 heteroatoms. The second-order valence-electron chi connectivity index (χ2n) is 5.12. The Bertz CT molecular complexity index is 785. The summed E-state index contributed by atoms with van der Waals surface area (Å²) < 4.78 is 4.85. The number of carbonyl (C=O) groups excluding carboxylic acids is 1. The van der Waals surface area contributed by atoms with Gasteiger partial charge in [-0.3, -0.25) is 10.4 Å². The van der Waals surface area contributed by atoms with Crippen LogP contribution in [-0.4, -0.2) is 24.2 Å². The van der Waals surface area contributed by atoms with Crippen molar-refractivity contribution in [2.75, 3.05) is 6.61 Å². The van der Waals surface area contributed by atoms with Crippen molar-refractivity contribution in [1.29, 1.82) is 0 Å². The van der Waals surface area contributed by atoms with Gasteiger partial charge in [0.1, 0.15) is 5.84 Å². The topological polar surface area (TPSA) is 75.1 Å². The highest BCUT2D eigenvalue weighted by molar-refractivity contribution is 6.14. The van der Waals surface area contributed by atoms with Gasteiger partial charge >= 0.3 is 6.09 Å². The molecular weight excluding hydrogens is 304 g/mol. The number of hydrogen-bond donors (Lipinski definition) is 2. The Labute approximate surface area is 140 Å². The molecule has 1 heterocycles. The van der Waals surface area contributed by atoms with Crippen molar-refractivity contribution in [3.63, 3.8) is 0 Å². The van der Waals surface area contributed by atoms with Crippen molar-refractivity contribution >= 4 is 29.0 Å². The summed E-state index contributed by atoms with van der Waals surface area (Å²) in [6, 6.07) is 17.5. The third kappa shape index (κ3) is 3.78. The van der Waals surface area contributed by atoms with Crippen LogP contribution >= 0.6 is 0 Å². The molecule has 0 saturated carbocycles. The number of ether oxygens (including phenoxy) is 1. The van der Waals surface area contributed by atoms with E-state index < -0.39 is 6.09 Å². The van der Waals surface area contributed by atoms with E-state index in [0.717, 1.165) is 22.6 Å². The minimum Gasteiger partial charge on any atom is -0.449 e. The van der Waals surface area contributed by atoms with Gasteiger partial charge in [0.15, 0.2) is 0 Å². The van der Waals surface area contributed by atoms with Crippen LogP contribution in [0.25, 0.3) is 0 Å². The second-order valence-corrected chi connectivity index (χ2v) is 5.12. The van der Waals surface area contributed by atoms with Crippen molar-refractivity contribution in [2.24, 2.45) is 9.98 Å². The third-order valence-electron chi connectivity index (χ3n) is 3.42. The lowest BCUT2D eigenvalue weighted by Gasteiger charge is -2.11. The number of rotatable bonds is 2. The standard InChI is InChI=1S/C18H18N4O2/c1-2-24-18(23)22-21-17-12-16(13-8-4-3-5-9-13)19-14-10-6-7-11-15(14)20-17/h3-11H,2,12H2,1H3,(H,20,21)(H,22,23). The molecule has 3 rings (SSSR count). The molecule has 2 aromatic carbocycles. The van der Waals surface area contributed by atoms with E-state index in [1.165, 1.54) is 0 Å². The molecular formula is C18H18N4O2. The predicted octanol–water partition coefficient (Wildman–Crippen LogP) is 3.49. The van der Waals surface area contributed by atoms with Gasteiger partial charge in [0, 0.05) is 0 Å². The van der Waals surface area contributed by atoms with Crippen LogP contribution in [0.1, 0.15) is 18.9 Å². The van der Waals surface area contributed by atoms with Crippen LogP contribution < -0.4 is 10.9 Å². The van der Waals surface area contributed by atoms with Crippen molar-refractivity contribution in [3.05, 3.63) is 60.2 Å². The van der Waals surface area contributed by atoms with E-state index in [4.69, 9.17) is 9.73 Å². The molecule has 0 spiro atoms. The number of nitrogens with zero attached hydrogens (tertiary/aromatic N) is 2. The number of fused-ring (bicyclic) bond motifs is 1. The van der Waals surface area contributed by atoms with Crippen LogP contribution in [0.4, 0.5) is 16.2 Å². The molecule has 0 bridgehead atoms. The molecule has 122 valence electrons. The normalized spacial score (nSPS) is 13.0. The highest BCUT2D eigenvalue weighted by atomic mass is 16.5. The molecule has 2 aromatic rings. The fraction of sp³-hybridized carbons (Fsp3) is 0.167. The van der Waals surface area contributed by atoms with Gasteiger partial charge in [0.25, 0.3) is 0 Å². The van der Waals surface area contributed by atoms with Gasteiger partial charge in [-0.25, -0.2) is 15.2 Å². The lowest BCUT2D eigenvalue weighted by molar-refractivity contribution is 0.150. The molecule has 1 amide bonds. The molecule has 1 aliphatic heterocycles. The summed E-state index contributed by atoms with van der Waals surface area (Å²) in [5, 5.41) is 0. The Hall–Kier alpha value is -3.15. The molecule has 6 nitrogen and oxygen atoms in total. The van der Waals surface area contributed by atoms with E-state index in [1.807, 2.05) is 54.6 Å². The third-order valence-corrected chi connectivity index (χ3v) is 3.42. The molecule has 0 aliphatic carbocycles. The average molecular weight is 322 g/mol. The Kier molecular flexibility index (Phi) is 4.86. The second kappa shape index (κ2) is 7.41. The molecule has 0 radical (unpaired) electrons. The predicted molar refractivity (Wildman–Crippen MR) is 94.1 cm³/mol. The number of carbonyl (C=O) groups is 1. The zero-order valence-corrected chi connectivity index (χ0v) is 13.3. The summed E-state index contributed by atoms with van der Waals surface area (Å²) in [5.41, 5.74) is 8.75. The number of hydrogen-bond acceptors (Lipinski definition) is 5. The van der Waals surface area contributed by atoms with Crippen molar-refractivity contribution in [2.45, 2.75) is 13.3 Å². The quantitative estimate of drug-likeness (QED) is 0.831. The van der Waals surface area contributed by atoms with Crippen molar-refractivity contribution in [3.8, 4) is 0 Å². The highest BCUT2D eigenvalue weighted by Gasteiger charge is 2.15. The summed E-state index contributed by atoms with van der Waals surface area (Å²) >= 11 is 0. The minimum atomic E-state index is -0.545. The van der Waals surface area contributed by atoms with Gasteiger partial charge in [-0.15, -0.1) is 0 Å². The molecule has 0 aromatic heterocycles. The summed E-state index contributed by atoms with van der Waals surface area (Å²) in [7, 11) is 0. The van der Waals surface area contributed by atoms with Crippen molar-refractivity contribution in [1.82, 2.24) is 10.9 Å². The number of nitrogens with one attached hydrogen (secondary N) is 2. The number of amides is 1. The lowest BCUT2D eigenvalue weighted by atomic mass is 10.1. The highest BCUT2D eigenvalue weighted by Crippen LogP contribution is 2.30. The van der Waals surface area contributed by atoms with E-state index in [9.17, 15) is 4.79 Å². The van der Waals surface area contributed by atoms with Crippen LogP contribution in [-0.2, 0) is 4.74 Å². The number of hydrazine groups is 1. The first-order valence-corrected chi connectivity index (χ1v) is 7.74. The van der Waals surface area contributed by atoms with Crippen molar-refractivity contribution < 1.29 is 9.53 Å². The van der Waals surface area contributed by atoms with E-state index >= 15 is 0 Å². The zero-order chi connectivity index (χ0) is 16.8. The molecule has 0 atom stereocenters. The lowest BCUT2D eigenvalue weighted by Crippen LogP contribution is -2.42. The van der Waals surface area contributed by atoms with Crippen LogP contribution in [0.2, 0.25) is 0 Å². The Morgan fingerprint density at radius 3 is 2.42 bits per heavy atom. The average Bonchev–Trinajstić information content (AvgIpc) is 2.80. The van der Waals surface area contributed by atoms with Crippen LogP contribution in [0.3, 0.4) is 0 Å². The first-order valence-electron chi connectivity index (χ1n) is 7.74. The zero-order valence-electron chi connectivity index (χ0n) is 13.3. The first kappa shape index (κ1) is 15.7.